The van der Waals surface area contributed by atoms with Crippen LogP contribution in [0.3, 0.4) is 0 Å². The van der Waals surface area contributed by atoms with Crippen molar-refractivity contribution in [3.63, 3.8) is 0 Å². The van der Waals surface area contributed by atoms with E-state index < -0.39 is 43.0 Å². The van der Waals surface area contributed by atoms with Gasteiger partial charge in [0, 0.05) is 6.54 Å². The Morgan fingerprint density at radius 3 is 1.76 bits per heavy atom. The van der Waals surface area contributed by atoms with Crippen molar-refractivity contribution in [3.05, 3.63) is 0 Å². The first kappa shape index (κ1) is 18.1. The molecule has 5 saturated carbocycles. The van der Waals surface area contributed by atoms with E-state index in [4.69, 9.17) is 4.55 Å². The zero-order valence-corrected chi connectivity index (χ0v) is 15.3. The predicted octanol–water partition coefficient (Wildman–Crippen LogP) is 1.79. The van der Waals surface area contributed by atoms with Gasteiger partial charge < -0.3 is 0 Å². The number of nitrogens with one attached hydrogen (secondary N) is 1. The second-order valence-electron chi connectivity index (χ2n) is 8.69. The predicted molar refractivity (Wildman–Crippen MR) is 86.2 cm³/mol. The summed E-state index contributed by atoms with van der Waals surface area (Å²) in [6, 6.07) is 0. The first-order valence-corrected chi connectivity index (χ1v) is 11.8. The van der Waals surface area contributed by atoms with Gasteiger partial charge in [-0.15, -0.1) is 0 Å². The SMILES string of the molecule is O=S(=O)(O)C1CC(S(=O)(=O)NCC23CC4CC(CC(C4)C2)C3)C1(F)F. The van der Waals surface area contributed by atoms with Gasteiger partial charge in [0.1, 0.15) is 5.25 Å². The topological polar surface area (TPSA) is 101 Å². The number of hydrogen-bond donors (Lipinski definition) is 2. The van der Waals surface area contributed by atoms with E-state index in [0.29, 0.717) is 17.8 Å². The molecule has 0 heterocycles. The van der Waals surface area contributed by atoms with Crippen LogP contribution in [0.5, 0.6) is 0 Å². The number of hydrogen-bond acceptors (Lipinski definition) is 4. The maximum Gasteiger partial charge on any atom is 0.284 e. The zero-order chi connectivity index (χ0) is 18.3. The lowest BCUT2D eigenvalue weighted by Crippen LogP contribution is -2.65. The van der Waals surface area contributed by atoms with Crippen molar-refractivity contribution in [1.29, 1.82) is 0 Å². The fourth-order valence-electron chi connectivity index (χ4n) is 6.07. The third-order valence-electron chi connectivity index (χ3n) is 6.83. The van der Waals surface area contributed by atoms with Crippen LogP contribution in [0.2, 0.25) is 0 Å². The lowest BCUT2D eigenvalue weighted by Gasteiger charge is -2.57. The first-order valence-electron chi connectivity index (χ1n) is 8.74. The fourth-order valence-corrected chi connectivity index (χ4v) is 9.01. The molecule has 2 atom stereocenters. The first-order chi connectivity index (χ1) is 11.4. The van der Waals surface area contributed by atoms with E-state index in [2.05, 4.69) is 4.72 Å². The minimum absolute atomic E-state index is 0.136. The van der Waals surface area contributed by atoms with Crippen molar-refractivity contribution in [2.45, 2.75) is 61.4 Å². The second kappa shape index (κ2) is 5.36. The lowest BCUT2D eigenvalue weighted by atomic mass is 9.50. The van der Waals surface area contributed by atoms with Gasteiger partial charge in [-0.1, -0.05) is 0 Å². The molecule has 10 heteroatoms. The van der Waals surface area contributed by atoms with Crippen LogP contribution in [-0.2, 0) is 20.1 Å². The molecule has 4 bridgehead atoms. The Labute approximate surface area is 146 Å². The Kier molecular flexibility index (Phi) is 3.87. The molecule has 0 aromatic carbocycles. The third-order valence-corrected chi connectivity index (χ3v) is 9.86. The molecule has 0 aromatic heterocycles. The van der Waals surface area contributed by atoms with Gasteiger partial charge in [0.15, 0.2) is 5.25 Å². The molecule has 0 aliphatic heterocycles. The van der Waals surface area contributed by atoms with Crippen LogP contribution in [-0.4, -0.2) is 44.4 Å². The van der Waals surface area contributed by atoms with Gasteiger partial charge in [-0.05, 0) is 68.1 Å². The van der Waals surface area contributed by atoms with Crippen molar-refractivity contribution in [1.82, 2.24) is 4.72 Å². The van der Waals surface area contributed by atoms with Crippen LogP contribution in [0.25, 0.3) is 0 Å². The van der Waals surface area contributed by atoms with Crippen molar-refractivity contribution < 1.29 is 30.2 Å². The van der Waals surface area contributed by atoms with E-state index in [-0.39, 0.29) is 12.0 Å². The normalized spacial score (nSPS) is 45.3. The van der Waals surface area contributed by atoms with Gasteiger partial charge in [0.05, 0.1) is 0 Å². The van der Waals surface area contributed by atoms with Crippen molar-refractivity contribution in [2.75, 3.05) is 6.54 Å². The highest BCUT2D eigenvalue weighted by Crippen LogP contribution is 2.59. The molecular weight excluding hydrogens is 376 g/mol. The molecule has 0 amide bonds. The molecule has 5 aliphatic rings. The summed E-state index contributed by atoms with van der Waals surface area (Å²) < 4.78 is 85.7. The number of halogens is 2. The largest absolute Gasteiger partial charge is 0.285 e. The van der Waals surface area contributed by atoms with Gasteiger partial charge in [0.2, 0.25) is 10.0 Å². The molecule has 5 fully saturated rings. The van der Waals surface area contributed by atoms with Gasteiger partial charge in [-0.2, -0.15) is 8.42 Å². The minimum Gasteiger partial charge on any atom is -0.285 e. The molecule has 0 saturated heterocycles. The van der Waals surface area contributed by atoms with E-state index in [1.807, 2.05) is 0 Å². The molecule has 0 radical (unpaired) electrons. The third kappa shape index (κ3) is 2.93. The standard InChI is InChI=1S/C15H23F2NO5S2/c16-15(17)12(4-13(15)25(21,22)23)24(19,20)18-8-14-5-9-1-10(6-14)3-11(2-9)7-14/h9-13,18H,1-8H2,(H,21,22,23). The molecule has 6 nitrogen and oxygen atoms in total. The highest BCUT2D eigenvalue weighted by Gasteiger charge is 2.68. The second-order valence-corrected chi connectivity index (χ2v) is 12.2. The molecule has 144 valence electrons. The van der Waals surface area contributed by atoms with Crippen LogP contribution in [0, 0.1) is 23.2 Å². The van der Waals surface area contributed by atoms with Gasteiger partial charge >= 0.3 is 0 Å². The summed E-state index contributed by atoms with van der Waals surface area (Å²) in [6.45, 7) is 0.155. The summed E-state index contributed by atoms with van der Waals surface area (Å²) in [5.74, 6) is -2.12. The minimum atomic E-state index is -4.96. The summed E-state index contributed by atoms with van der Waals surface area (Å²) >= 11 is 0. The summed E-state index contributed by atoms with van der Waals surface area (Å²) in [5, 5.41) is -4.43. The van der Waals surface area contributed by atoms with E-state index in [1.54, 1.807) is 0 Å². The van der Waals surface area contributed by atoms with Crippen LogP contribution >= 0.6 is 0 Å². The average Bonchev–Trinajstić information content (AvgIpc) is 2.41. The van der Waals surface area contributed by atoms with Crippen molar-refractivity contribution in [3.8, 4) is 0 Å². The van der Waals surface area contributed by atoms with Crippen LogP contribution in [0.4, 0.5) is 8.78 Å². The molecule has 0 spiro atoms. The monoisotopic (exact) mass is 399 g/mol. The number of alkyl halides is 2. The summed E-state index contributed by atoms with van der Waals surface area (Å²) in [5.41, 5.74) is -0.136. The summed E-state index contributed by atoms with van der Waals surface area (Å²) in [7, 11) is -9.30. The van der Waals surface area contributed by atoms with E-state index in [9.17, 15) is 25.6 Å². The molecular formula is C15H23F2NO5S2. The number of rotatable bonds is 5. The van der Waals surface area contributed by atoms with E-state index in [1.165, 1.54) is 19.3 Å². The van der Waals surface area contributed by atoms with Crippen molar-refractivity contribution >= 4 is 20.1 Å². The van der Waals surface area contributed by atoms with Crippen LogP contribution < -0.4 is 4.72 Å². The molecule has 25 heavy (non-hydrogen) atoms. The highest BCUT2D eigenvalue weighted by molar-refractivity contribution is 7.91. The van der Waals surface area contributed by atoms with Crippen LogP contribution in [0.15, 0.2) is 0 Å². The Hall–Kier alpha value is -0.320. The number of sulfonamides is 1. The van der Waals surface area contributed by atoms with E-state index in [0.717, 1.165) is 19.3 Å². The van der Waals surface area contributed by atoms with Gasteiger partial charge in [-0.3, -0.25) is 4.55 Å². The lowest BCUT2D eigenvalue weighted by molar-refractivity contribution is -0.0647. The Bertz CT molecular complexity index is 744. The highest BCUT2D eigenvalue weighted by atomic mass is 32.2. The van der Waals surface area contributed by atoms with E-state index >= 15 is 0 Å². The Morgan fingerprint density at radius 2 is 1.36 bits per heavy atom. The Morgan fingerprint density at radius 1 is 0.880 bits per heavy atom. The zero-order valence-electron chi connectivity index (χ0n) is 13.7. The molecule has 2 unspecified atom stereocenters. The fraction of sp³-hybridized carbons (Fsp3) is 1.00. The maximum absolute atomic E-state index is 14.0. The summed E-state index contributed by atoms with van der Waals surface area (Å²) in [6.07, 6.45) is 5.64. The van der Waals surface area contributed by atoms with Crippen LogP contribution in [0.1, 0.15) is 44.9 Å². The molecule has 5 rings (SSSR count). The smallest absolute Gasteiger partial charge is 0.284 e. The molecule has 0 aromatic rings. The van der Waals surface area contributed by atoms with Gasteiger partial charge in [0.25, 0.3) is 16.0 Å². The quantitative estimate of drug-likeness (QED) is 0.687. The molecule has 2 N–H and O–H groups in total. The summed E-state index contributed by atoms with van der Waals surface area (Å²) in [4.78, 5) is 0. The average molecular weight is 399 g/mol. The maximum atomic E-state index is 14.0. The Balaban J connectivity index is 1.45. The van der Waals surface area contributed by atoms with Crippen molar-refractivity contribution in [2.24, 2.45) is 23.2 Å². The molecule has 5 aliphatic carbocycles. The van der Waals surface area contributed by atoms with Gasteiger partial charge in [-0.25, -0.2) is 21.9 Å².